The first kappa shape index (κ1) is 19.5. The van der Waals surface area contributed by atoms with E-state index in [1.54, 1.807) is 13.8 Å². The molecule has 136 valence electrons. The van der Waals surface area contributed by atoms with E-state index < -0.39 is 21.6 Å². The molecule has 0 aromatic heterocycles. The van der Waals surface area contributed by atoms with Crippen molar-refractivity contribution in [1.29, 1.82) is 0 Å². The lowest BCUT2D eigenvalue weighted by Crippen LogP contribution is -2.53. The number of carbonyl (C=O) groups excluding carboxylic acids is 1. The van der Waals surface area contributed by atoms with Gasteiger partial charge in [0.15, 0.2) is 11.5 Å². The fraction of sp³-hybridized carbons (Fsp3) is 0.389. The summed E-state index contributed by atoms with van der Waals surface area (Å²) < 4.78 is 47.1. The molecule has 1 aliphatic rings. The van der Waals surface area contributed by atoms with Gasteiger partial charge in [-0.3, -0.25) is 4.79 Å². The van der Waals surface area contributed by atoms with Gasteiger partial charge in [-0.05, 0) is 67.8 Å². The Morgan fingerprint density at radius 2 is 1.68 bits per heavy atom. The van der Waals surface area contributed by atoms with Crippen molar-refractivity contribution in [3.63, 3.8) is 0 Å². The number of rotatable bonds is 7. The van der Waals surface area contributed by atoms with Crippen LogP contribution in [0.25, 0.3) is 0 Å². The van der Waals surface area contributed by atoms with Gasteiger partial charge < -0.3 is 4.74 Å². The molecule has 0 heterocycles. The average Bonchev–Trinajstić information content (AvgIpc) is 2.52. The zero-order chi connectivity index (χ0) is 18.7. The van der Waals surface area contributed by atoms with Gasteiger partial charge in [-0.25, -0.2) is 12.8 Å². The van der Waals surface area contributed by atoms with Gasteiger partial charge >= 0.3 is 0 Å². The summed E-state index contributed by atoms with van der Waals surface area (Å²) in [5.74, 6) is -0.742. The second kappa shape index (κ2) is 7.59. The highest BCUT2D eigenvalue weighted by atomic mass is 32.2. The van der Waals surface area contributed by atoms with Crippen LogP contribution >= 0.6 is 0 Å². The second-order valence-electron chi connectivity index (χ2n) is 6.00. The minimum Gasteiger partial charge on any atom is -0.352 e. The summed E-state index contributed by atoms with van der Waals surface area (Å²) in [6.45, 7) is 5.61. The third kappa shape index (κ3) is 4.23. The third-order valence-corrected chi connectivity index (χ3v) is 5.50. The summed E-state index contributed by atoms with van der Waals surface area (Å²) in [5.41, 5.74) is -0.505. The average molecular weight is 367 g/mol. The summed E-state index contributed by atoms with van der Waals surface area (Å²) >= 11 is 0. The summed E-state index contributed by atoms with van der Waals surface area (Å²) in [4.78, 5) is 11.7. The molecule has 2 rings (SSSR count). The number of sulfonamides is 1. The minimum atomic E-state index is -3.99. The van der Waals surface area contributed by atoms with Gasteiger partial charge in [0.1, 0.15) is 5.82 Å². The Balaban J connectivity index is 2.43. The molecular formula is C18H22FNO4S. The highest BCUT2D eigenvalue weighted by Crippen LogP contribution is 2.32. The molecule has 0 radical (unpaired) electrons. The molecule has 0 spiro atoms. The maximum absolute atomic E-state index is 13.1. The Morgan fingerprint density at radius 3 is 2.20 bits per heavy atom. The van der Waals surface area contributed by atoms with Gasteiger partial charge in [-0.1, -0.05) is 13.3 Å². The van der Waals surface area contributed by atoms with Crippen LogP contribution < -0.4 is 4.72 Å². The molecular weight excluding hydrogens is 345 g/mol. The Kier molecular flexibility index (Phi) is 5.92. The zero-order valence-electron chi connectivity index (χ0n) is 14.5. The Labute approximate surface area is 147 Å². The van der Waals surface area contributed by atoms with E-state index in [2.05, 4.69) is 4.72 Å². The van der Waals surface area contributed by atoms with E-state index in [0.717, 1.165) is 25.0 Å². The molecule has 0 atom stereocenters. The van der Waals surface area contributed by atoms with Crippen LogP contribution in [0.1, 0.15) is 33.6 Å². The van der Waals surface area contributed by atoms with Crippen LogP contribution in [0.5, 0.6) is 0 Å². The van der Waals surface area contributed by atoms with Crippen molar-refractivity contribution >= 4 is 15.8 Å². The highest BCUT2D eigenvalue weighted by Gasteiger charge is 2.42. The molecule has 0 bridgehead atoms. The first-order valence-electron chi connectivity index (χ1n) is 8.06. The lowest BCUT2D eigenvalue weighted by molar-refractivity contribution is -0.111. The van der Waals surface area contributed by atoms with Crippen LogP contribution in [0, 0.1) is 5.82 Å². The highest BCUT2D eigenvalue weighted by molar-refractivity contribution is 7.89. The largest absolute Gasteiger partial charge is 0.352 e. The first-order valence-corrected chi connectivity index (χ1v) is 9.54. The van der Waals surface area contributed by atoms with E-state index in [1.165, 1.54) is 24.3 Å². The molecule has 0 amide bonds. The smallest absolute Gasteiger partial charge is 0.243 e. The summed E-state index contributed by atoms with van der Waals surface area (Å²) in [6.07, 6.45) is 4.33. The minimum absolute atomic E-state index is 0.0788. The van der Waals surface area contributed by atoms with E-state index in [4.69, 9.17) is 4.74 Å². The predicted molar refractivity (Wildman–Crippen MR) is 92.8 cm³/mol. The standard InChI is InChI=1S/C18H22FNO4S/c1-4-5-10-24-18(13(2)11-16(21)12-14(18)3)20-25(22,23)17-8-6-15(19)7-9-17/h6-9,11-12,20H,4-5,10H2,1-3H3. The summed E-state index contributed by atoms with van der Waals surface area (Å²) in [6, 6.07) is 4.52. The summed E-state index contributed by atoms with van der Waals surface area (Å²) in [5, 5.41) is 0. The number of allylic oxidation sites excluding steroid dienone is 2. The molecule has 0 unspecified atom stereocenters. The lowest BCUT2D eigenvalue weighted by Gasteiger charge is -2.38. The molecule has 1 aromatic carbocycles. The van der Waals surface area contributed by atoms with Crippen LogP contribution in [0.3, 0.4) is 0 Å². The number of hydrogen-bond donors (Lipinski definition) is 1. The normalized spacial score (nSPS) is 17.2. The molecule has 7 heteroatoms. The van der Waals surface area contributed by atoms with E-state index in [-0.39, 0.29) is 10.7 Å². The van der Waals surface area contributed by atoms with Crippen LogP contribution in [-0.2, 0) is 19.6 Å². The van der Waals surface area contributed by atoms with Crippen LogP contribution in [0.4, 0.5) is 4.39 Å². The number of hydrogen-bond acceptors (Lipinski definition) is 4. The molecule has 1 N–H and O–H groups in total. The quantitative estimate of drug-likeness (QED) is 0.594. The van der Waals surface area contributed by atoms with Crippen molar-refractivity contribution in [3.8, 4) is 0 Å². The molecule has 25 heavy (non-hydrogen) atoms. The summed E-state index contributed by atoms with van der Waals surface area (Å²) in [7, 11) is -3.99. The molecule has 1 aromatic rings. The number of ether oxygens (including phenoxy) is 1. The monoisotopic (exact) mass is 367 g/mol. The molecule has 0 aliphatic heterocycles. The fourth-order valence-corrected chi connectivity index (χ4v) is 4.00. The Morgan fingerprint density at radius 1 is 1.12 bits per heavy atom. The van der Waals surface area contributed by atoms with Crippen LogP contribution in [-0.4, -0.2) is 26.5 Å². The van der Waals surface area contributed by atoms with E-state index >= 15 is 0 Å². The van der Waals surface area contributed by atoms with Crippen molar-refractivity contribution in [3.05, 3.63) is 53.4 Å². The van der Waals surface area contributed by atoms with E-state index in [1.807, 2.05) is 6.92 Å². The number of ketones is 1. The molecule has 0 saturated heterocycles. The number of nitrogens with one attached hydrogen (secondary N) is 1. The van der Waals surface area contributed by atoms with Crippen molar-refractivity contribution in [2.45, 2.75) is 44.2 Å². The lowest BCUT2D eigenvalue weighted by atomic mass is 9.90. The number of unbranched alkanes of at least 4 members (excludes halogenated alkanes) is 1. The van der Waals surface area contributed by atoms with Gasteiger partial charge in [-0.2, -0.15) is 4.72 Å². The Hall–Kier alpha value is -1.83. The number of halogens is 1. The van der Waals surface area contributed by atoms with E-state index in [9.17, 15) is 17.6 Å². The van der Waals surface area contributed by atoms with E-state index in [0.29, 0.717) is 17.8 Å². The maximum Gasteiger partial charge on any atom is 0.243 e. The van der Waals surface area contributed by atoms with Gasteiger partial charge in [0.25, 0.3) is 0 Å². The molecule has 0 saturated carbocycles. The predicted octanol–water partition coefficient (Wildman–Crippen LogP) is 3.09. The molecule has 5 nitrogen and oxygen atoms in total. The van der Waals surface area contributed by atoms with Crippen LogP contribution in [0.2, 0.25) is 0 Å². The van der Waals surface area contributed by atoms with Gasteiger partial charge in [0, 0.05) is 6.61 Å². The number of carbonyl (C=O) groups is 1. The zero-order valence-corrected chi connectivity index (χ0v) is 15.3. The van der Waals surface area contributed by atoms with Crippen molar-refractivity contribution in [2.75, 3.05) is 6.61 Å². The SMILES string of the molecule is CCCCOC1(NS(=O)(=O)c2ccc(F)cc2)C(C)=CC(=O)C=C1C. The van der Waals surface area contributed by atoms with Crippen molar-refractivity contribution in [2.24, 2.45) is 0 Å². The second-order valence-corrected chi connectivity index (χ2v) is 7.68. The van der Waals surface area contributed by atoms with Gasteiger partial charge in [0.05, 0.1) is 4.90 Å². The number of benzene rings is 1. The molecule has 0 fully saturated rings. The van der Waals surface area contributed by atoms with Crippen molar-refractivity contribution in [1.82, 2.24) is 4.72 Å². The molecule has 1 aliphatic carbocycles. The van der Waals surface area contributed by atoms with Gasteiger partial charge in [-0.15, -0.1) is 0 Å². The third-order valence-electron chi connectivity index (χ3n) is 4.05. The van der Waals surface area contributed by atoms with Gasteiger partial charge in [0.2, 0.25) is 10.0 Å². The topological polar surface area (TPSA) is 72.5 Å². The van der Waals surface area contributed by atoms with Crippen LogP contribution in [0.15, 0.2) is 52.5 Å². The van der Waals surface area contributed by atoms with Crippen molar-refractivity contribution < 1.29 is 22.3 Å². The fourth-order valence-electron chi connectivity index (χ4n) is 2.63. The first-order chi connectivity index (χ1) is 11.7. The Bertz CT molecular complexity index is 788. The maximum atomic E-state index is 13.1.